The smallest absolute Gasteiger partial charge is 0.169 e. The van der Waals surface area contributed by atoms with E-state index in [4.69, 9.17) is 9.47 Å². The van der Waals surface area contributed by atoms with Crippen LogP contribution in [-0.2, 0) is 9.47 Å². The van der Waals surface area contributed by atoms with Crippen molar-refractivity contribution in [2.24, 2.45) is 22.7 Å². The first-order valence-corrected chi connectivity index (χ1v) is 8.07. The third-order valence-electron chi connectivity index (χ3n) is 6.84. The Morgan fingerprint density at radius 1 is 1.05 bits per heavy atom. The predicted molar refractivity (Wildman–Crippen MR) is 79.2 cm³/mol. The van der Waals surface area contributed by atoms with E-state index in [2.05, 4.69) is 39.8 Å². The maximum absolute atomic E-state index is 6.01. The summed E-state index contributed by atoms with van der Waals surface area (Å²) in [6.07, 6.45) is 8.68. The van der Waals surface area contributed by atoms with Crippen molar-refractivity contribution in [3.8, 4) is 0 Å². The molecule has 0 aromatic rings. The highest BCUT2D eigenvalue weighted by molar-refractivity contribution is 5.43. The lowest BCUT2D eigenvalue weighted by Gasteiger charge is -2.50. The molecule has 20 heavy (non-hydrogen) atoms. The van der Waals surface area contributed by atoms with Gasteiger partial charge in [0.1, 0.15) is 0 Å². The van der Waals surface area contributed by atoms with Crippen LogP contribution in [0.25, 0.3) is 0 Å². The average Bonchev–Trinajstić information content (AvgIpc) is 2.90. The molecule has 1 heterocycles. The van der Waals surface area contributed by atoms with Crippen molar-refractivity contribution in [2.45, 2.75) is 52.7 Å². The van der Waals surface area contributed by atoms with Crippen molar-refractivity contribution < 1.29 is 9.47 Å². The van der Waals surface area contributed by atoms with Gasteiger partial charge in [0.2, 0.25) is 0 Å². The second-order valence-electron chi connectivity index (χ2n) is 8.01. The molecule has 2 saturated carbocycles. The number of rotatable bonds is 1. The lowest BCUT2D eigenvalue weighted by Crippen LogP contribution is -2.41. The van der Waals surface area contributed by atoms with Crippen LogP contribution in [0, 0.1) is 22.7 Å². The van der Waals surface area contributed by atoms with Crippen molar-refractivity contribution in [1.82, 2.24) is 0 Å². The van der Waals surface area contributed by atoms with Gasteiger partial charge < -0.3 is 9.47 Å². The summed E-state index contributed by atoms with van der Waals surface area (Å²) < 4.78 is 12.0. The van der Waals surface area contributed by atoms with Crippen LogP contribution in [0.1, 0.15) is 47.0 Å². The molecule has 0 bridgehead atoms. The Morgan fingerprint density at radius 2 is 1.75 bits per heavy atom. The third kappa shape index (κ3) is 1.42. The minimum atomic E-state index is -0.387. The molecule has 0 amide bonds. The molecule has 3 aliphatic carbocycles. The average molecular weight is 274 g/mol. The molecular weight excluding hydrogens is 248 g/mol. The highest BCUT2D eigenvalue weighted by Crippen LogP contribution is 2.67. The van der Waals surface area contributed by atoms with Gasteiger partial charge in [0.25, 0.3) is 0 Å². The van der Waals surface area contributed by atoms with Crippen LogP contribution in [0.2, 0.25) is 0 Å². The molecule has 4 aliphatic rings. The standard InChI is InChI=1S/C18H26O2/c1-16(2)13-6-5-12-7-8-17(12,3)14(13)11-15(16)18(4)19-9-10-20-18/h5-6,14-15H,7-11H2,1-4H3/t14-,15+,17-/m1/s1. The van der Waals surface area contributed by atoms with E-state index in [-0.39, 0.29) is 11.2 Å². The molecule has 2 heteroatoms. The molecule has 0 N–H and O–H groups in total. The van der Waals surface area contributed by atoms with Crippen molar-refractivity contribution in [1.29, 1.82) is 0 Å². The molecule has 1 saturated heterocycles. The number of hydrogen-bond acceptors (Lipinski definition) is 2. The molecule has 0 unspecified atom stereocenters. The van der Waals surface area contributed by atoms with E-state index < -0.39 is 0 Å². The zero-order chi connectivity index (χ0) is 14.2. The van der Waals surface area contributed by atoms with E-state index in [1.165, 1.54) is 19.3 Å². The zero-order valence-electron chi connectivity index (χ0n) is 13.2. The number of fused-ring (bicyclic) bond motifs is 3. The summed E-state index contributed by atoms with van der Waals surface area (Å²) in [5.74, 6) is 0.766. The lowest BCUT2D eigenvalue weighted by molar-refractivity contribution is -0.198. The van der Waals surface area contributed by atoms with Crippen molar-refractivity contribution in [3.63, 3.8) is 0 Å². The summed E-state index contributed by atoms with van der Waals surface area (Å²) >= 11 is 0. The summed E-state index contributed by atoms with van der Waals surface area (Å²) in [4.78, 5) is 0. The summed E-state index contributed by atoms with van der Waals surface area (Å²) in [6.45, 7) is 10.9. The fourth-order valence-electron chi connectivity index (χ4n) is 5.37. The van der Waals surface area contributed by atoms with Crippen LogP contribution in [0.3, 0.4) is 0 Å². The Bertz CT molecular complexity index is 508. The Kier molecular flexibility index (Phi) is 2.47. The Morgan fingerprint density at radius 3 is 2.35 bits per heavy atom. The van der Waals surface area contributed by atoms with E-state index in [9.17, 15) is 0 Å². The van der Waals surface area contributed by atoms with E-state index in [1.807, 2.05) is 0 Å². The van der Waals surface area contributed by atoms with Crippen molar-refractivity contribution in [2.75, 3.05) is 13.2 Å². The van der Waals surface area contributed by atoms with Gasteiger partial charge in [-0.15, -0.1) is 0 Å². The highest BCUT2D eigenvalue weighted by Gasteiger charge is 2.61. The van der Waals surface area contributed by atoms with E-state index in [1.54, 1.807) is 11.1 Å². The number of ether oxygens (including phenoxy) is 2. The molecule has 3 atom stereocenters. The Hall–Kier alpha value is -0.600. The minimum absolute atomic E-state index is 0.171. The summed E-state index contributed by atoms with van der Waals surface area (Å²) in [7, 11) is 0. The van der Waals surface area contributed by atoms with Crippen LogP contribution >= 0.6 is 0 Å². The van der Waals surface area contributed by atoms with Crippen molar-refractivity contribution >= 4 is 0 Å². The molecular formula is C18H26O2. The van der Waals surface area contributed by atoms with E-state index in [0.29, 0.717) is 17.3 Å². The van der Waals surface area contributed by atoms with Gasteiger partial charge in [-0.25, -0.2) is 0 Å². The quantitative estimate of drug-likeness (QED) is 0.717. The summed E-state index contributed by atoms with van der Waals surface area (Å²) in [6, 6.07) is 0. The van der Waals surface area contributed by atoms with Crippen LogP contribution in [-0.4, -0.2) is 19.0 Å². The number of hydrogen-bond donors (Lipinski definition) is 0. The molecule has 2 nitrogen and oxygen atoms in total. The summed E-state index contributed by atoms with van der Waals surface area (Å²) in [5, 5.41) is 0. The Labute approximate surface area is 122 Å². The Balaban J connectivity index is 1.74. The van der Waals surface area contributed by atoms with Gasteiger partial charge in [0, 0.05) is 5.92 Å². The molecule has 1 aliphatic heterocycles. The van der Waals surface area contributed by atoms with Crippen LogP contribution in [0.5, 0.6) is 0 Å². The van der Waals surface area contributed by atoms with Crippen molar-refractivity contribution in [3.05, 3.63) is 23.3 Å². The van der Waals surface area contributed by atoms with Gasteiger partial charge in [0.15, 0.2) is 5.79 Å². The number of allylic oxidation sites excluding steroid dienone is 4. The summed E-state index contributed by atoms with van der Waals surface area (Å²) in [5.41, 5.74) is 3.89. The van der Waals surface area contributed by atoms with Gasteiger partial charge in [-0.1, -0.05) is 44.1 Å². The van der Waals surface area contributed by atoms with Crippen LogP contribution in [0.4, 0.5) is 0 Å². The predicted octanol–water partition coefficient (Wildman–Crippen LogP) is 4.08. The fraction of sp³-hybridized carbons (Fsp3) is 0.778. The maximum Gasteiger partial charge on any atom is 0.169 e. The largest absolute Gasteiger partial charge is 0.348 e. The minimum Gasteiger partial charge on any atom is -0.348 e. The lowest BCUT2D eigenvalue weighted by atomic mass is 9.54. The maximum atomic E-state index is 6.01. The first-order valence-electron chi connectivity index (χ1n) is 8.07. The van der Waals surface area contributed by atoms with Gasteiger partial charge in [-0.3, -0.25) is 0 Å². The van der Waals surface area contributed by atoms with Gasteiger partial charge >= 0.3 is 0 Å². The van der Waals surface area contributed by atoms with Crippen LogP contribution in [0.15, 0.2) is 23.3 Å². The molecule has 0 radical (unpaired) electrons. The van der Waals surface area contributed by atoms with Gasteiger partial charge in [-0.2, -0.15) is 0 Å². The first-order chi connectivity index (χ1) is 9.38. The molecule has 3 fully saturated rings. The second kappa shape index (κ2) is 3.78. The molecule has 4 rings (SSSR count). The second-order valence-corrected chi connectivity index (χ2v) is 8.01. The van der Waals surface area contributed by atoms with Gasteiger partial charge in [0.05, 0.1) is 13.2 Å². The van der Waals surface area contributed by atoms with Crippen LogP contribution < -0.4 is 0 Å². The fourth-order valence-corrected chi connectivity index (χ4v) is 5.37. The normalized spacial score (nSPS) is 44.2. The highest BCUT2D eigenvalue weighted by atomic mass is 16.7. The topological polar surface area (TPSA) is 18.5 Å². The first kappa shape index (κ1) is 13.1. The SMILES string of the molecule is CC1([C@H]2C[C@@H]3C(=CC=C4CC[C@]43C)C2(C)C)OCCO1. The van der Waals surface area contributed by atoms with E-state index >= 15 is 0 Å². The molecule has 0 spiro atoms. The monoisotopic (exact) mass is 274 g/mol. The zero-order valence-corrected chi connectivity index (χ0v) is 13.2. The third-order valence-corrected chi connectivity index (χ3v) is 6.84. The molecule has 0 aromatic carbocycles. The molecule has 0 aromatic heterocycles. The van der Waals surface area contributed by atoms with E-state index in [0.717, 1.165) is 13.2 Å². The molecule has 110 valence electrons. The van der Waals surface area contributed by atoms with Gasteiger partial charge in [-0.05, 0) is 42.9 Å².